The molecular weight excluding hydrogens is 270 g/mol. The normalized spacial score (nSPS) is 10.6. The van der Waals surface area contributed by atoms with Gasteiger partial charge < -0.3 is 5.32 Å². The minimum absolute atomic E-state index is 0.112. The Morgan fingerprint density at radius 2 is 2.15 bits per heavy atom. The minimum Gasteiger partial charge on any atom is -0.373 e. The summed E-state index contributed by atoms with van der Waals surface area (Å²) in [5, 5.41) is 17.5. The third kappa shape index (κ3) is 2.58. The van der Waals surface area contributed by atoms with Gasteiger partial charge in [-0.25, -0.2) is 8.78 Å². The number of aryl methyl sites for hydroxylation is 2. The van der Waals surface area contributed by atoms with Crippen molar-refractivity contribution in [1.29, 1.82) is 0 Å². The maximum absolute atomic E-state index is 13.7. The van der Waals surface area contributed by atoms with E-state index >= 15 is 0 Å². The molecule has 8 heteroatoms. The Hall–Kier alpha value is -2.51. The van der Waals surface area contributed by atoms with Gasteiger partial charge in [-0.2, -0.15) is 5.10 Å². The molecule has 0 unspecified atom stereocenters. The predicted octanol–water partition coefficient (Wildman–Crippen LogP) is 2.53. The fourth-order valence-corrected chi connectivity index (χ4v) is 1.87. The Balaban J connectivity index is 2.31. The van der Waals surface area contributed by atoms with Gasteiger partial charge in [-0.3, -0.25) is 14.8 Å². The zero-order valence-electron chi connectivity index (χ0n) is 10.9. The van der Waals surface area contributed by atoms with Gasteiger partial charge in [-0.15, -0.1) is 0 Å². The summed E-state index contributed by atoms with van der Waals surface area (Å²) in [4.78, 5) is 10.1. The Kier molecular flexibility index (Phi) is 3.64. The molecule has 0 atom stereocenters. The average Bonchev–Trinajstić information content (AvgIpc) is 2.69. The molecule has 1 heterocycles. The number of hydrogen-bond donors (Lipinski definition) is 1. The van der Waals surface area contributed by atoms with Crippen molar-refractivity contribution in [3.63, 3.8) is 0 Å². The van der Waals surface area contributed by atoms with Crippen molar-refractivity contribution in [3.05, 3.63) is 51.3 Å². The largest absolute Gasteiger partial charge is 0.373 e. The monoisotopic (exact) mass is 282 g/mol. The van der Waals surface area contributed by atoms with Gasteiger partial charge in [0.25, 0.3) is 5.69 Å². The topological polar surface area (TPSA) is 73.0 Å². The van der Waals surface area contributed by atoms with E-state index in [4.69, 9.17) is 0 Å². The summed E-state index contributed by atoms with van der Waals surface area (Å²) in [5.41, 5.74) is 0.480. The van der Waals surface area contributed by atoms with Crippen LogP contribution in [0.4, 0.5) is 20.2 Å². The number of benzene rings is 1. The molecular formula is C12H12F2N4O2. The van der Waals surface area contributed by atoms with Gasteiger partial charge >= 0.3 is 0 Å². The van der Waals surface area contributed by atoms with Crippen molar-refractivity contribution in [2.24, 2.45) is 7.05 Å². The van der Waals surface area contributed by atoms with E-state index in [1.807, 2.05) is 0 Å². The molecule has 0 bridgehead atoms. The summed E-state index contributed by atoms with van der Waals surface area (Å²) in [6.45, 7) is 1.87. The highest BCUT2D eigenvalue weighted by Gasteiger charge is 2.21. The third-order valence-corrected chi connectivity index (χ3v) is 2.84. The van der Waals surface area contributed by atoms with Crippen LogP contribution in [0.1, 0.15) is 11.3 Å². The van der Waals surface area contributed by atoms with Crippen molar-refractivity contribution in [3.8, 4) is 0 Å². The van der Waals surface area contributed by atoms with Crippen LogP contribution in [-0.4, -0.2) is 14.7 Å². The molecule has 0 radical (unpaired) electrons. The molecule has 0 aliphatic heterocycles. The maximum Gasteiger partial charge on any atom is 0.295 e. The summed E-state index contributed by atoms with van der Waals surface area (Å²) in [6.07, 6.45) is 1.70. The lowest BCUT2D eigenvalue weighted by molar-refractivity contribution is -0.384. The zero-order valence-corrected chi connectivity index (χ0v) is 10.9. The van der Waals surface area contributed by atoms with Gasteiger partial charge in [0.15, 0.2) is 17.3 Å². The molecule has 1 aromatic heterocycles. The molecule has 1 aromatic carbocycles. The van der Waals surface area contributed by atoms with Crippen LogP contribution < -0.4 is 5.32 Å². The second-order valence-corrected chi connectivity index (χ2v) is 4.28. The summed E-state index contributed by atoms with van der Waals surface area (Å²) in [6, 6.07) is 1.66. The van der Waals surface area contributed by atoms with E-state index in [2.05, 4.69) is 10.4 Å². The van der Waals surface area contributed by atoms with Crippen LogP contribution in [0.2, 0.25) is 0 Å². The van der Waals surface area contributed by atoms with E-state index in [1.54, 1.807) is 24.9 Å². The number of anilines is 1. The summed E-state index contributed by atoms with van der Waals surface area (Å²) in [5.74, 6) is -2.40. The number of halogens is 2. The zero-order chi connectivity index (χ0) is 14.9. The molecule has 1 N–H and O–H groups in total. The van der Waals surface area contributed by atoms with Crippen molar-refractivity contribution >= 4 is 11.4 Å². The van der Waals surface area contributed by atoms with Gasteiger partial charge in [-0.05, 0) is 13.0 Å². The Morgan fingerprint density at radius 1 is 1.45 bits per heavy atom. The third-order valence-electron chi connectivity index (χ3n) is 2.84. The first-order chi connectivity index (χ1) is 9.40. The molecule has 0 amide bonds. The lowest BCUT2D eigenvalue weighted by Gasteiger charge is -2.08. The van der Waals surface area contributed by atoms with Crippen LogP contribution >= 0.6 is 0 Å². The lowest BCUT2D eigenvalue weighted by atomic mass is 10.2. The fraction of sp³-hybridized carbons (Fsp3) is 0.250. The van der Waals surface area contributed by atoms with Crippen LogP contribution in [0, 0.1) is 28.7 Å². The van der Waals surface area contributed by atoms with Gasteiger partial charge in [0.2, 0.25) is 0 Å². The number of nitro benzene ring substituents is 1. The van der Waals surface area contributed by atoms with E-state index in [1.165, 1.54) is 0 Å². The second kappa shape index (κ2) is 5.24. The minimum atomic E-state index is -1.26. The summed E-state index contributed by atoms with van der Waals surface area (Å²) < 4.78 is 28.4. The summed E-state index contributed by atoms with van der Waals surface area (Å²) >= 11 is 0. The highest BCUT2D eigenvalue weighted by Crippen LogP contribution is 2.29. The molecule has 2 aromatic rings. The van der Waals surface area contributed by atoms with Crippen molar-refractivity contribution in [1.82, 2.24) is 9.78 Å². The number of hydrogen-bond acceptors (Lipinski definition) is 4. The van der Waals surface area contributed by atoms with Crippen molar-refractivity contribution < 1.29 is 13.7 Å². The van der Waals surface area contributed by atoms with Gasteiger partial charge in [0.05, 0.1) is 10.6 Å². The number of nitro groups is 1. The second-order valence-electron chi connectivity index (χ2n) is 4.28. The SMILES string of the molecule is Cc1nn(C)cc1CNc1c([N+](=O)[O-])ccc(F)c1F. The number of aromatic nitrogens is 2. The highest BCUT2D eigenvalue weighted by molar-refractivity contribution is 5.62. The van der Waals surface area contributed by atoms with Gasteiger partial charge in [0, 0.05) is 31.4 Å². The smallest absolute Gasteiger partial charge is 0.295 e. The predicted molar refractivity (Wildman–Crippen MR) is 68.3 cm³/mol. The Labute approximate surface area is 113 Å². The van der Waals surface area contributed by atoms with E-state index in [0.29, 0.717) is 5.69 Å². The maximum atomic E-state index is 13.7. The van der Waals surface area contributed by atoms with Crippen LogP contribution in [0.15, 0.2) is 18.3 Å². The quantitative estimate of drug-likeness (QED) is 0.690. The lowest BCUT2D eigenvalue weighted by Crippen LogP contribution is -2.06. The average molecular weight is 282 g/mol. The molecule has 2 rings (SSSR count). The van der Waals surface area contributed by atoms with Crippen molar-refractivity contribution in [2.45, 2.75) is 13.5 Å². The molecule has 106 valence electrons. The molecule has 0 saturated carbocycles. The molecule has 0 spiro atoms. The molecule has 0 fully saturated rings. The number of nitrogens with one attached hydrogen (secondary N) is 1. The van der Waals surface area contributed by atoms with Crippen LogP contribution in [0.3, 0.4) is 0 Å². The van der Waals surface area contributed by atoms with E-state index in [0.717, 1.165) is 17.7 Å². The standard InChI is InChI=1S/C12H12F2N4O2/c1-7-8(6-17(2)16-7)5-15-12-10(18(19)20)4-3-9(13)11(12)14/h3-4,6,15H,5H2,1-2H3. The highest BCUT2D eigenvalue weighted by atomic mass is 19.2. The molecule has 0 saturated heterocycles. The first kappa shape index (κ1) is 13.9. The number of rotatable bonds is 4. The molecule has 0 aliphatic rings. The van der Waals surface area contributed by atoms with E-state index in [-0.39, 0.29) is 6.54 Å². The van der Waals surface area contributed by atoms with E-state index in [9.17, 15) is 18.9 Å². The Morgan fingerprint density at radius 3 is 2.70 bits per heavy atom. The Bertz CT molecular complexity index is 670. The summed E-state index contributed by atoms with van der Waals surface area (Å²) in [7, 11) is 1.72. The van der Waals surface area contributed by atoms with Gasteiger partial charge in [-0.1, -0.05) is 0 Å². The van der Waals surface area contributed by atoms with E-state index < -0.39 is 27.9 Å². The van der Waals surface area contributed by atoms with Crippen LogP contribution in [0.5, 0.6) is 0 Å². The number of nitrogens with zero attached hydrogens (tertiary/aromatic N) is 3. The fourth-order valence-electron chi connectivity index (χ4n) is 1.87. The van der Waals surface area contributed by atoms with Crippen molar-refractivity contribution in [2.75, 3.05) is 5.32 Å². The van der Waals surface area contributed by atoms with Crippen LogP contribution in [0.25, 0.3) is 0 Å². The molecule has 0 aliphatic carbocycles. The molecule has 20 heavy (non-hydrogen) atoms. The first-order valence-corrected chi connectivity index (χ1v) is 5.75. The van der Waals surface area contributed by atoms with Crippen LogP contribution in [-0.2, 0) is 13.6 Å². The van der Waals surface area contributed by atoms with Gasteiger partial charge in [0.1, 0.15) is 0 Å². The first-order valence-electron chi connectivity index (χ1n) is 5.75. The molecule has 6 nitrogen and oxygen atoms in total.